The van der Waals surface area contributed by atoms with Gasteiger partial charge >= 0.3 is 0 Å². The van der Waals surface area contributed by atoms with E-state index in [0.29, 0.717) is 21.8 Å². The van der Waals surface area contributed by atoms with Crippen molar-refractivity contribution in [1.29, 1.82) is 0 Å². The van der Waals surface area contributed by atoms with E-state index in [1.165, 1.54) is 6.92 Å². The maximum absolute atomic E-state index is 11.3. The maximum Gasteiger partial charge on any atom is 0.221 e. The van der Waals surface area contributed by atoms with Crippen molar-refractivity contribution in [2.75, 3.05) is 5.32 Å². The van der Waals surface area contributed by atoms with E-state index in [0.717, 1.165) is 0 Å². The van der Waals surface area contributed by atoms with Gasteiger partial charge in [-0.1, -0.05) is 47.9 Å². The second kappa shape index (κ2) is 6.01. The highest BCUT2D eigenvalue weighted by Crippen LogP contribution is 2.35. The molecule has 0 bridgehead atoms. The zero-order chi connectivity index (χ0) is 15.5. The lowest BCUT2D eigenvalue weighted by atomic mass is 9.86. The summed E-state index contributed by atoms with van der Waals surface area (Å²) >= 11 is 6.01. The van der Waals surface area contributed by atoms with Gasteiger partial charge in [-0.15, -0.1) is 6.42 Å². The van der Waals surface area contributed by atoms with Gasteiger partial charge in [-0.2, -0.15) is 0 Å². The molecular weight excluding hydrogens is 286 g/mol. The molecule has 106 valence electrons. The standard InChI is InChI=1S/C17H14ClNO2/c1-3-17(21,13-7-5-4-6-8-13)15-11-14(18)9-10-16(15)19-12(2)20/h1,4-11,21H,2H3,(H,19,20). The molecule has 0 spiro atoms. The molecule has 0 heterocycles. The van der Waals surface area contributed by atoms with Crippen molar-refractivity contribution in [3.63, 3.8) is 0 Å². The fourth-order valence-electron chi connectivity index (χ4n) is 2.11. The zero-order valence-corrected chi connectivity index (χ0v) is 12.2. The molecule has 0 saturated heterocycles. The highest BCUT2D eigenvalue weighted by Gasteiger charge is 2.32. The van der Waals surface area contributed by atoms with Crippen molar-refractivity contribution in [2.24, 2.45) is 0 Å². The van der Waals surface area contributed by atoms with E-state index >= 15 is 0 Å². The lowest BCUT2D eigenvalue weighted by Crippen LogP contribution is -2.27. The number of hydrogen-bond acceptors (Lipinski definition) is 2. The van der Waals surface area contributed by atoms with Crippen LogP contribution in [0.3, 0.4) is 0 Å². The summed E-state index contributed by atoms with van der Waals surface area (Å²) < 4.78 is 0. The van der Waals surface area contributed by atoms with Crippen molar-refractivity contribution in [2.45, 2.75) is 12.5 Å². The Kier molecular flexibility index (Phi) is 4.32. The van der Waals surface area contributed by atoms with E-state index in [1.54, 1.807) is 42.5 Å². The van der Waals surface area contributed by atoms with Gasteiger partial charge in [0, 0.05) is 28.8 Å². The van der Waals surface area contributed by atoms with Crippen molar-refractivity contribution >= 4 is 23.2 Å². The van der Waals surface area contributed by atoms with Crippen LogP contribution in [0.1, 0.15) is 18.1 Å². The Labute approximate surface area is 128 Å². The number of hydrogen-bond donors (Lipinski definition) is 2. The lowest BCUT2D eigenvalue weighted by Gasteiger charge is -2.26. The SMILES string of the molecule is C#CC(O)(c1ccccc1)c1cc(Cl)ccc1NC(C)=O. The molecule has 0 saturated carbocycles. The third kappa shape index (κ3) is 3.08. The van der Waals surface area contributed by atoms with Crippen LogP contribution in [-0.2, 0) is 10.4 Å². The van der Waals surface area contributed by atoms with Crippen LogP contribution >= 0.6 is 11.6 Å². The Balaban J connectivity index is 2.65. The van der Waals surface area contributed by atoms with E-state index in [4.69, 9.17) is 18.0 Å². The molecule has 0 aliphatic rings. The van der Waals surface area contributed by atoms with Gasteiger partial charge in [-0.05, 0) is 18.2 Å². The Hall–Kier alpha value is -2.28. The fourth-order valence-corrected chi connectivity index (χ4v) is 2.28. The average molecular weight is 300 g/mol. The first-order chi connectivity index (χ1) is 9.97. The van der Waals surface area contributed by atoms with Gasteiger partial charge in [-0.25, -0.2) is 0 Å². The molecule has 2 N–H and O–H groups in total. The van der Waals surface area contributed by atoms with Crippen LogP contribution in [0.15, 0.2) is 48.5 Å². The van der Waals surface area contributed by atoms with E-state index in [9.17, 15) is 9.90 Å². The molecule has 2 aromatic carbocycles. The molecule has 0 aromatic heterocycles. The lowest BCUT2D eigenvalue weighted by molar-refractivity contribution is -0.114. The highest BCUT2D eigenvalue weighted by atomic mass is 35.5. The van der Waals surface area contributed by atoms with Crippen LogP contribution in [0, 0.1) is 12.3 Å². The summed E-state index contributed by atoms with van der Waals surface area (Å²) in [7, 11) is 0. The number of carbonyl (C=O) groups excluding carboxylic acids is 1. The Morgan fingerprint density at radius 1 is 1.29 bits per heavy atom. The van der Waals surface area contributed by atoms with Crippen LogP contribution in [0.4, 0.5) is 5.69 Å². The molecule has 1 amide bonds. The first kappa shape index (κ1) is 15.1. The average Bonchev–Trinajstić information content (AvgIpc) is 2.48. The van der Waals surface area contributed by atoms with Crippen LogP contribution in [-0.4, -0.2) is 11.0 Å². The number of halogens is 1. The van der Waals surface area contributed by atoms with Crippen molar-refractivity contribution < 1.29 is 9.90 Å². The molecule has 0 aliphatic heterocycles. The minimum Gasteiger partial charge on any atom is -0.369 e. The predicted molar refractivity (Wildman–Crippen MR) is 84.0 cm³/mol. The first-order valence-corrected chi connectivity index (χ1v) is 6.68. The number of benzene rings is 2. The van der Waals surface area contributed by atoms with Gasteiger partial charge in [0.05, 0.1) is 0 Å². The smallest absolute Gasteiger partial charge is 0.221 e. The van der Waals surface area contributed by atoms with Crippen LogP contribution in [0.5, 0.6) is 0 Å². The second-order valence-electron chi connectivity index (χ2n) is 4.59. The predicted octanol–water partition coefficient (Wildman–Crippen LogP) is 3.17. The summed E-state index contributed by atoms with van der Waals surface area (Å²) in [4.78, 5) is 11.3. The van der Waals surface area contributed by atoms with Gasteiger partial charge in [0.15, 0.2) is 5.60 Å². The van der Waals surface area contributed by atoms with Gasteiger partial charge in [-0.3, -0.25) is 4.79 Å². The summed E-state index contributed by atoms with van der Waals surface area (Å²) in [6.45, 7) is 1.38. The van der Waals surface area contributed by atoms with Gasteiger partial charge in [0.25, 0.3) is 0 Å². The fraction of sp³-hybridized carbons (Fsp3) is 0.118. The molecular formula is C17H14ClNO2. The molecule has 0 aliphatic carbocycles. The van der Waals surface area contributed by atoms with Gasteiger partial charge in [0.1, 0.15) is 0 Å². The van der Waals surface area contributed by atoms with Crippen LogP contribution in [0.25, 0.3) is 0 Å². The third-order valence-electron chi connectivity index (χ3n) is 3.08. The zero-order valence-electron chi connectivity index (χ0n) is 11.4. The molecule has 2 aromatic rings. The number of nitrogens with one attached hydrogen (secondary N) is 1. The molecule has 2 rings (SSSR count). The van der Waals surface area contributed by atoms with E-state index in [2.05, 4.69) is 11.2 Å². The molecule has 1 unspecified atom stereocenters. The number of aliphatic hydroxyl groups is 1. The Bertz CT molecular complexity index is 706. The van der Waals surface area contributed by atoms with Crippen LogP contribution in [0.2, 0.25) is 5.02 Å². The van der Waals surface area contributed by atoms with E-state index in [1.807, 2.05) is 6.07 Å². The summed E-state index contributed by atoms with van der Waals surface area (Å²) in [6, 6.07) is 13.6. The number of anilines is 1. The topological polar surface area (TPSA) is 49.3 Å². The number of amides is 1. The second-order valence-corrected chi connectivity index (χ2v) is 5.03. The minimum absolute atomic E-state index is 0.258. The molecule has 3 nitrogen and oxygen atoms in total. The Morgan fingerprint density at radius 3 is 2.52 bits per heavy atom. The molecule has 1 atom stereocenters. The highest BCUT2D eigenvalue weighted by molar-refractivity contribution is 6.30. The van der Waals surface area contributed by atoms with Gasteiger partial charge < -0.3 is 10.4 Å². The molecule has 4 heteroatoms. The van der Waals surface area contributed by atoms with E-state index < -0.39 is 5.60 Å². The normalized spacial score (nSPS) is 13.0. The van der Waals surface area contributed by atoms with Crippen molar-refractivity contribution in [1.82, 2.24) is 0 Å². The molecule has 21 heavy (non-hydrogen) atoms. The summed E-state index contributed by atoms with van der Waals surface area (Å²) in [6.07, 6.45) is 5.57. The molecule has 0 radical (unpaired) electrons. The largest absolute Gasteiger partial charge is 0.369 e. The quantitative estimate of drug-likeness (QED) is 0.855. The van der Waals surface area contributed by atoms with Crippen molar-refractivity contribution in [3.05, 3.63) is 64.7 Å². The minimum atomic E-state index is -1.68. The monoisotopic (exact) mass is 299 g/mol. The Morgan fingerprint density at radius 2 is 1.95 bits per heavy atom. The molecule has 0 fully saturated rings. The van der Waals surface area contributed by atoms with E-state index in [-0.39, 0.29) is 5.91 Å². The number of terminal acetylenes is 1. The summed E-state index contributed by atoms with van der Waals surface area (Å²) in [5.74, 6) is 2.14. The number of rotatable bonds is 3. The summed E-state index contributed by atoms with van der Waals surface area (Å²) in [5, 5.41) is 14.0. The third-order valence-corrected chi connectivity index (χ3v) is 3.32. The van der Waals surface area contributed by atoms with Gasteiger partial charge in [0.2, 0.25) is 5.91 Å². The van der Waals surface area contributed by atoms with Crippen molar-refractivity contribution in [3.8, 4) is 12.3 Å². The summed E-state index contributed by atoms with van der Waals surface area (Å²) in [5.41, 5.74) is -0.360. The number of carbonyl (C=O) groups is 1. The van der Waals surface area contributed by atoms with Crippen LogP contribution < -0.4 is 5.32 Å². The first-order valence-electron chi connectivity index (χ1n) is 6.30. The maximum atomic E-state index is 11.3.